The molecular weight excluding hydrogens is 350 g/mol. The van der Waals surface area contributed by atoms with E-state index in [1.807, 2.05) is 19.1 Å². The summed E-state index contributed by atoms with van der Waals surface area (Å²) in [7, 11) is 0. The number of hydrogen-bond donors (Lipinski definition) is 0. The van der Waals surface area contributed by atoms with E-state index in [1.54, 1.807) is 0 Å². The summed E-state index contributed by atoms with van der Waals surface area (Å²) >= 11 is 9.26. The van der Waals surface area contributed by atoms with E-state index in [2.05, 4.69) is 15.9 Å². The van der Waals surface area contributed by atoms with Crippen molar-refractivity contribution in [2.24, 2.45) is 0 Å². The third kappa shape index (κ3) is 3.30. The highest BCUT2D eigenvalue weighted by Crippen LogP contribution is 2.30. The Hall–Kier alpha value is -1.13. The van der Waals surface area contributed by atoms with Crippen molar-refractivity contribution in [2.75, 3.05) is 0 Å². The number of hydrogen-bond acceptors (Lipinski definition) is 1. The molecule has 5 heteroatoms. The van der Waals surface area contributed by atoms with E-state index in [0.717, 1.165) is 21.7 Å². The minimum atomic E-state index is -0.880. The topological polar surface area (TPSA) is 9.23 Å². The molecule has 0 heterocycles. The molecule has 0 aliphatic carbocycles. The van der Waals surface area contributed by atoms with Crippen LogP contribution < -0.4 is 4.74 Å². The Kier molecular flexibility index (Phi) is 5.00. The number of ether oxygens (including phenoxy) is 1. The minimum absolute atomic E-state index is 0.0457. The van der Waals surface area contributed by atoms with Gasteiger partial charge in [-0.3, -0.25) is 0 Å². The van der Waals surface area contributed by atoms with E-state index in [4.69, 9.17) is 16.3 Å². The molecule has 0 atom stereocenters. The summed E-state index contributed by atoms with van der Waals surface area (Å²) in [5.41, 5.74) is 1.86. The first-order valence-electron chi connectivity index (χ1n) is 5.93. The van der Waals surface area contributed by atoms with Crippen molar-refractivity contribution in [3.8, 4) is 5.75 Å². The standard InChI is InChI=1S/C15H12BrClF2O/c1-9-5-12(16)6-11(7-17)15(9)20-8-10-3-2-4-13(18)14(10)19/h2-6H,7-8H2,1H3. The second-order valence-electron chi connectivity index (χ2n) is 4.35. The molecule has 0 N–H and O–H groups in total. The summed E-state index contributed by atoms with van der Waals surface area (Å²) in [4.78, 5) is 0. The van der Waals surface area contributed by atoms with Gasteiger partial charge in [0.1, 0.15) is 12.4 Å². The maximum Gasteiger partial charge on any atom is 0.165 e. The highest BCUT2D eigenvalue weighted by atomic mass is 79.9. The van der Waals surface area contributed by atoms with Crippen LogP contribution >= 0.6 is 27.5 Å². The van der Waals surface area contributed by atoms with Crippen LogP contribution in [0.3, 0.4) is 0 Å². The smallest absolute Gasteiger partial charge is 0.165 e. The third-order valence-corrected chi connectivity index (χ3v) is 3.61. The van der Waals surface area contributed by atoms with Crippen LogP contribution in [0.2, 0.25) is 0 Å². The van der Waals surface area contributed by atoms with E-state index in [-0.39, 0.29) is 18.1 Å². The SMILES string of the molecule is Cc1cc(Br)cc(CCl)c1OCc1cccc(F)c1F. The van der Waals surface area contributed by atoms with Crippen molar-refractivity contribution in [1.82, 2.24) is 0 Å². The molecule has 0 fully saturated rings. The van der Waals surface area contributed by atoms with E-state index in [9.17, 15) is 8.78 Å². The van der Waals surface area contributed by atoms with Gasteiger partial charge in [0.05, 0.1) is 5.88 Å². The number of benzene rings is 2. The maximum atomic E-state index is 13.6. The van der Waals surface area contributed by atoms with Gasteiger partial charge in [-0.15, -0.1) is 11.6 Å². The van der Waals surface area contributed by atoms with Crippen LogP contribution in [0.5, 0.6) is 5.75 Å². The molecule has 0 aliphatic rings. The molecule has 0 aromatic heterocycles. The summed E-state index contributed by atoms with van der Waals surface area (Å²) in [5, 5.41) is 0. The van der Waals surface area contributed by atoms with Gasteiger partial charge in [0.15, 0.2) is 11.6 Å². The molecule has 106 valence electrons. The lowest BCUT2D eigenvalue weighted by molar-refractivity contribution is 0.293. The van der Waals surface area contributed by atoms with E-state index in [1.165, 1.54) is 12.1 Å². The lowest BCUT2D eigenvalue weighted by atomic mass is 10.1. The van der Waals surface area contributed by atoms with Gasteiger partial charge in [0.2, 0.25) is 0 Å². The summed E-state index contributed by atoms with van der Waals surface area (Å²) in [5.74, 6) is -0.876. The van der Waals surface area contributed by atoms with Gasteiger partial charge in [0.25, 0.3) is 0 Å². The molecular formula is C15H12BrClF2O. The van der Waals surface area contributed by atoms with Crippen LogP contribution in [0, 0.1) is 18.6 Å². The summed E-state index contributed by atoms with van der Waals surface area (Å²) < 4.78 is 33.2. The predicted molar refractivity (Wildman–Crippen MR) is 79.1 cm³/mol. The van der Waals surface area contributed by atoms with Gasteiger partial charge in [-0.1, -0.05) is 28.1 Å². The largest absolute Gasteiger partial charge is 0.488 e. The van der Waals surface area contributed by atoms with Gasteiger partial charge in [-0.05, 0) is 30.7 Å². The number of rotatable bonds is 4. The minimum Gasteiger partial charge on any atom is -0.488 e. The second-order valence-corrected chi connectivity index (χ2v) is 5.53. The zero-order valence-corrected chi connectivity index (χ0v) is 13.1. The molecule has 0 radical (unpaired) electrons. The Balaban J connectivity index is 2.25. The Morgan fingerprint density at radius 3 is 2.65 bits per heavy atom. The van der Waals surface area contributed by atoms with E-state index < -0.39 is 11.6 Å². The first-order valence-corrected chi connectivity index (χ1v) is 7.26. The fourth-order valence-corrected chi connectivity index (χ4v) is 2.73. The Morgan fingerprint density at radius 1 is 1.20 bits per heavy atom. The van der Waals surface area contributed by atoms with Crippen molar-refractivity contribution in [1.29, 1.82) is 0 Å². The first kappa shape index (κ1) is 15.3. The number of halogens is 4. The van der Waals surface area contributed by atoms with Gasteiger partial charge in [-0.2, -0.15) is 0 Å². The summed E-state index contributed by atoms with van der Waals surface area (Å²) in [6.45, 7) is 1.83. The van der Waals surface area contributed by atoms with Crippen LogP contribution in [0.25, 0.3) is 0 Å². The van der Waals surface area contributed by atoms with Crippen molar-refractivity contribution in [2.45, 2.75) is 19.4 Å². The molecule has 1 nitrogen and oxygen atoms in total. The molecule has 0 saturated heterocycles. The first-order chi connectivity index (χ1) is 9.52. The van der Waals surface area contributed by atoms with Crippen molar-refractivity contribution in [3.63, 3.8) is 0 Å². The fourth-order valence-electron chi connectivity index (χ4n) is 1.91. The fraction of sp³-hybridized carbons (Fsp3) is 0.200. The Bertz CT molecular complexity index is 632. The zero-order valence-electron chi connectivity index (χ0n) is 10.7. The van der Waals surface area contributed by atoms with Crippen LogP contribution in [0.4, 0.5) is 8.78 Å². The molecule has 0 bridgehead atoms. The zero-order chi connectivity index (χ0) is 14.7. The molecule has 2 aromatic carbocycles. The molecule has 0 amide bonds. The molecule has 0 spiro atoms. The Labute approximate surface area is 129 Å². The molecule has 0 unspecified atom stereocenters. The average molecular weight is 362 g/mol. The number of alkyl halides is 1. The molecule has 0 saturated carbocycles. The highest BCUT2D eigenvalue weighted by molar-refractivity contribution is 9.10. The molecule has 0 aliphatic heterocycles. The molecule has 2 aromatic rings. The van der Waals surface area contributed by atoms with Crippen molar-refractivity contribution >= 4 is 27.5 Å². The van der Waals surface area contributed by atoms with Crippen LogP contribution in [-0.2, 0) is 12.5 Å². The maximum absolute atomic E-state index is 13.6. The normalized spacial score (nSPS) is 10.7. The van der Waals surface area contributed by atoms with E-state index >= 15 is 0 Å². The predicted octanol–water partition coefficient (Wildman–Crippen LogP) is 5.35. The lowest BCUT2D eigenvalue weighted by Crippen LogP contribution is -2.03. The van der Waals surface area contributed by atoms with Gasteiger partial charge in [-0.25, -0.2) is 8.78 Å². The highest BCUT2D eigenvalue weighted by Gasteiger charge is 2.12. The van der Waals surface area contributed by atoms with Crippen molar-refractivity contribution in [3.05, 3.63) is 63.1 Å². The third-order valence-electron chi connectivity index (χ3n) is 2.86. The molecule has 20 heavy (non-hydrogen) atoms. The molecule has 2 rings (SSSR count). The second kappa shape index (κ2) is 6.55. The number of aryl methyl sites for hydroxylation is 1. The Morgan fingerprint density at radius 2 is 1.95 bits per heavy atom. The monoisotopic (exact) mass is 360 g/mol. The average Bonchev–Trinajstić information content (AvgIpc) is 2.41. The van der Waals surface area contributed by atoms with Crippen LogP contribution in [0.1, 0.15) is 16.7 Å². The van der Waals surface area contributed by atoms with Crippen LogP contribution in [-0.4, -0.2) is 0 Å². The quantitative estimate of drug-likeness (QED) is 0.667. The van der Waals surface area contributed by atoms with Gasteiger partial charge < -0.3 is 4.74 Å². The van der Waals surface area contributed by atoms with Crippen molar-refractivity contribution < 1.29 is 13.5 Å². The lowest BCUT2D eigenvalue weighted by Gasteiger charge is -2.14. The summed E-state index contributed by atoms with van der Waals surface area (Å²) in [6, 6.07) is 7.75. The van der Waals surface area contributed by atoms with Crippen LogP contribution in [0.15, 0.2) is 34.8 Å². The van der Waals surface area contributed by atoms with Gasteiger partial charge >= 0.3 is 0 Å². The van der Waals surface area contributed by atoms with Gasteiger partial charge in [0, 0.05) is 15.6 Å². The summed E-state index contributed by atoms with van der Waals surface area (Å²) in [6.07, 6.45) is 0. The van der Waals surface area contributed by atoms with E-state index in [0.29, 0.717) is 5.75 Å².